The topological polar surface area (TPSA) is 92.0 Å². The lowest BCUT2D eigenvalue weighted by Crippen LogP contribution is -2.62. The molecule has 0 amide bonds. The zero-order chi connectivity index (χ0) is 24.4. The summed E-state index contributed by atoms with van der Waals surface area (Å²) < 4.78 is 43.5. The van der Waals surface area contributed by atoms with E-state index in [-0.39, 0.29) is 42.5 Å². The first-order valence-electron chi connectivity index (χ1n) is 11.9. The van der Waals surface area contributed by atoms with E-state index in [9.17, 15) is 18.3 Å². The zero-order valence-electron chi connectivity index (χ0n) is 19.2. The molecule has 0 radical (unpaired) electrons. The standard InChI is InChI=1S/C24H26F3N7O/c1-33-13-15(11-29-33)14-2-5-19(20(35)8-14)22-28-12-21(31-32-22)34(17-3-4-17)18-9-16-6-7-23(10-18,30-16)24(25,26)27/h2,5,8,11-13,16-18,30,35H,3-4,6-7,9-10H2,1H3/t16-,18+,23-/m1/s1. The first-order valence-corrected chi connectivity index (χ1v) is 11.9. The molecule has 2 aliphatic heterocycles. The number of aromatic hydroxyl groups is 1. The van der Waals surface area contributed by atoms with E-state index in [2.05, 4.69) is 25.6 Å². The van der Waals surface area contributed by atoms with Crippen LogP contribution in [-0.2, 0) is 7.05 Å². The molecule has 2 aromatic heterocycles. The van der Waals surface area contributed by atoms with Crippen LogP contribution in [0.5, 0.6) is 5.75 Å². The summed E-state index contributed by atoms with van der Waals surface area (Å²) in [5, 5.41) is 26.2. The second-order valence-electron chi connectivity index (χ2n) is 9.97. The van der Waals surface area contributed by atoms with E-state index in [4.69, 9.17) is 0 Å². The number of aromatic nitrogens is 5. The number of aryl methyl sites for hydroxylation is 1. The molecule has 3 fully saturated rings. The Balaban J connectivity index is 1.26. The summed E-state index contributed by atoms with van der Waals surface area (Å²) in [5.74, 6) is 0.769. The molecule has 0 spiro atoms. The lowest BCUT2D eigenvalue weighted by atomic mass is 9.86. The molecule has 2 N–H and O–H groups in total. The largest absolute Gasteiger partial charge is 0.507 e. The summed E-state index contributed by atoms with van der Waals surface area (Å²) in [5.41, 5.74) is 0.293. The van der Waals surface area contributed by atoms with Gasteiger partial charge in [0.15, 0.2) is 11.6 Å². The Kier molecular flexibility index (Phi) is 5.03. The van der Waals surface area contributed by atoms with E-state index < -0.39 is 11.7 Å². The fraction of sp³-hybridized carbons (Fsp3) is 0.500. The van der Waals surface area contributed by atoms with Gasteiger partial charge in [-0.25, -0.2) is 4.98 Å². The van der Waals surface area contributed by atoms with Crippen LogP contribution in [0.4, 0.5) is 19.0 Å². The van der Waals surface area contributed by atoms with Gasteiger partial charge in [0.2, 0.25) is 0 Å². The van der Waals surface area contributed by atoms with Crippen molar-refractivity contribution in [1.82, 2.24) is 30.3 Å². The number of halogens is 3. The molecule has 35 heavy (non-hydrogen) atoms. The summed E-state index contributed by atoms with van der Waals surface area (Å²) in [6, 6.07) is 4.95. The van der Waals surface area contributed by atoms with Gasteiger partial charge in [0.05, 0.1) is 18.0 Å². The molecule has 1 aliphatic carbocycles. The van der Waals surface area contributed by atoms with Crippen LogP contribution in [0.3, 0.4) is 0 Å². The Labute approximate surface area is 200 Å². The lowest BCUT2D eigenvalue weighted by molar-refractivity contribution is -0.199. The quantitative estimate of drug-likeness (QED) is 0.568. The van der Waals surface area contributed by atoms with Gasteiger partial charge in [0.25, 0.3) is 0 Å². The summed E-state index contributed by atoms with van der Waals surface area (Å²) in [7, 11) is 1.82. The molecule has 3 atom stereocenters. The molecule has 11 heteroatoms. The minimum absolute atomic E-state index is 0.00350. The maximum absolute atomic E-state index is 13.9. The monoisotopic (exact) mass is 485 g/mol. The Bertz CT molecular complexity index is 1240. The Morgan fingerprint density at radius 3 is 2.57 bits per heavy atom. The third kappa shape index (κ3) is 3.91. The molecule has 6 rings (SSSR count). The predicted molar refractivity (Wildman–Crippen MR) is 123 cm³/mol. The number of hydrogen-bond acceptors (Lipinski definition) is 7. The fourth-order valence-electron chi connectivity index (χ4n) is 5.67. The number of rotatable bonds is 5. The Morgan fingerprint density at radius 1 is 1.11 bits per heavy atom. The van der Waals surface area contributed by atoms with Crippen molar-refractivity contribution in [2.45, 2.75) is 68.4 Å². The molecule has 1 aromatic carbocycles. The smallest absolute Gasteiger partial charge is 0.406 e. The van der Waals surface area contributed by atoms with Gasteiger partial charge in [-0.2, -0.15) is 18.3 Å². The highest BCUT2D eigenvalue weighted by atomic mass is 19.4. The number of fused-ring (bicyclic) bond motifs is 2. The van der Waals surface area contributed by atoms with Crippen LogP contribution >= 0.6 is 0 Å². The van der Waals surface area contributed by atoms with Crippen molar-refractivity contribution in [3.8, 4) is 28.3 Å². The van der Waals surface area contributed by atoms with Crippen LogP contribution in [0.25, 0.3) is 22.5 Å². The molecular formula is C24H26F3N7O. The molecule has 2 bridgehead atoms. The van der Waals surface area contributed by atoms with Crippen LogP contribution in [0.2, 0.25) is 0 Å². The normalized spacial score (nSPS) is 26.2. The molecular weight excluding hydrogens is 459 g/mol. The average molecular weight is 486 g/mol. The maximum Gasteiger partial charge on any atom is 0.406 e. The number of anilines is 1. The van der Waals surface area contributed by atoms with Crippen molar-refractivity contribution < 1.29 is 18.3 Å². The number of phenolic OH excluding ortho intramolecular Hbond substituents is 1. The molecule has 0 unspecified atom stereocenters. The number of piperidine rings is 1. The Hall–Kier alpha value is -3.21. The van der Waals surface area contributed by atoms with E-state index in [1.807, 2.05) is 24.2 Å². The van der Waals surface area contributed by atoms with Crippen LogP contribution in [0, 0.1) is 0 Å². The molecule has 184 valence electrons. The van der Waals surface area contributed by atoms with Crippen molar-refractivity contribution in [1.29, 1.82) is 0 Å². The number of nitrogens with zero attached hydrogens (tertiary/aromatic N) is 6. The highest BCUT2D eigenvalue weighted by molar-refractivity contribution is 5.72. The predicted octanol–water partition coefficient (Wildman–Crippen LogP) is 3.83. The van der Waals surface area contributed by atoms with Gasteiger partial charge >= 0.3 is 6.18 Å². The van der Waals surface area contributed by atoms with Gasteiger partial charge in [-0.05, 0) is 56.2 Å². The van der Waals surface area contributed by atoms with Crippen LogP contribution in [0.1, 0.15) is 38.5 Å². The van der Waals surface area contributed by atoms with E-state index in [0.29, 0.717) is 24.2 Å². The Morgan fingerprint density at radius 2 is 1.94 bits per heavy atom. The molecule has 3 aliphatic rings. The van der Waals surface area contributed by atoms with Gasteiger partial charge in [-0.1, -0.05) is 6.07 Å². The SMILES string of the molecule is Cn1cc(-c2ccc(-c3ncc(N(C4CC4)[C@H]4C[C@H]5CC[C@](C(F)(F)F)(C4)N5)nn3)c(O)c2)cn1. The first kappa shape index (κ1) is 22.3. The number of hydrogen-bond donors (Lipinski definition) is 2. The van der Waals surface area contributed by atoms with Crippen molar-refractivity contribution in [2.75, 3.05) is 4.90 Å². The maximum atomic E-state index is 13.9. The van der Waals surface area contributed by atoms with Gasteiger partial charge in [0, 0.05) is 36.9 Å². The van der Waals surface area contributed by atoms with Crippen molar-refractivity contribution >= 4 is 5.82 Å². The second kappa shape index (κ2) is 7.91. The van der Waals surface area contributed by atoms with Crippen LogP contribution in [0.15, 0.2) is 36.8 Å². The number of nitrogens with one attached hydrogen (secondary N) is 1. The highest BCUT2D eigenvalue weighted by Crippen LogP contribution is 2.49. The van der Waals surface area contributed by atoms with E-state index in [1.165, 1.54) is 0 Å². The average Bonchev–Trinajstić information content (AvgIpc) is 3.47. The first-order chi connectivity index (χ1) is 16.7. The molecule has 8 nitrogen and oxygen atoms in total. The third-order valence-corrected chi connectivity index (χ3v) is 7.51. The van der Waals surface area contributed by atoms with Crippen molar-refractivity contribution in [3.63, 3.8) is 0 Å². The fourth-order valence-corrected chi connectivity index (χ4v) is 5.67. The van der Waals surface area contributed by atoms with Crippen LogP contribution in [-0.4, -0.2) is 59.9 Å². The van der Waals surface area contributed by atoms with E-state index in [0.717, 1.165) is 24.0 Å². The van der Waals surface area contributed by atoms with Gasteiger partial charge in [-0.15, -0.1) is 10.2 Å². The van der Waals surface area contributed by atoms with Gasteiger partial charge < -0.3 is 15.3 Å². The van der Waals surface area contributed by atoms with Crippen molar-refractivity contribution in [3.05, 3.63) is 36.8 Å². The second-order valence-corrected chi connectivity index (χ2v) is 9.97. The number of alkyl halides is 3. The molecule has 3 aromatic rings. The third-order valence-electron chi connectivity index (χ3n) is 7.51. The van der Waals surface area contributed by atoms with E-state index >= 15 is 0 Å². The zero-order valence-corrected chi connectivity index (χ0v) is 19.2. The molecule has 2 saturated heterocycles. The highest BCUT2D eigenvalue weighted by Gasteiger charge is 2.62. The summed E-state index contributed by atoms with van der Waals surface area (Å²) in [4.78, 5) is 6.44. The summed E-state index contributed by atoms with van der Waals surface area (Å²) in [6.45, 7) is 0. The van der Waals surface area contributed by atoms with Crippen LogP contribution < -0.4 is 10.2 Å². The van der Waals surface area contributed by atoms with Crippen molar-refractivity contribution in [2.24, 2.45) is 7.05 Å². The molecule has 4 heterocycles. The summed E-state index contributed by atoms with van der Waals surface area (Å²) >= 11 is 0. The van der Waals surface area contributed by atoms with Gasteiger partial charge in [-0.3, -0.25) is 4.68 Å². The number of phenols is 1. The minimum Gasteiger partial charge on any atom is -0.507 e. The lowest BCUT2D eigenvalue weighted by Gasteiger charge is -2.44. The minimum atomic E-state index is -4.29. The van der Waals surface area contributed by atoms with Gasteiger partial charge in [0.1, 0.15) is 11.3 Å². The number of benzene rings is 1. The summed E-state index contributed by atoms with van der Waals surface area (Å²) in [6.07, 6.45) is 3.99. The van der Waals surface area contributed by atoms with E-state index in [1.54, 1.807) is 29.2 Å². The molecule has 1 saturated carbocycles.